The number of nitrogens with zero attached hydrogens (tertiary/aromatic N) is 1. The molecule has 4 heteroatoms. The minimum Gasteiger partial charge on any atom is -0.497 e. The molecule has 0 aliphatic heterocycles. The van der Waals surface area contributed by atoms with E-state index in [1.54, 1.807) is 49.6 Å². The van der Waals surface area contributed by atoms with Crippen LogP contribution in [0.4, 0.5) is 0 Å². The predicted octanol–water partition coefficient (Wildman–Crippen LogP) is 4.15. The third-order valence-corrected chi connectivity index (χ3v) is 3.36. The fourth-order valence-corrected chi connectivity index (χ4v) is 2.44. The number of hydrogen-bond acceptors (Lipinski definition) is 3. The molecule has 0 heterocycles. The number of hydrogen-bond donors (Lipinski definition) is 0. The van der Waals surface area contributed by atoms with Crippen LogP contribution in [-0.4, -0.2) is 12.9 Å². The summed E-state index contributed by atoms with van der Waals surface area (Å²) in [6, 6.07) is 14.1. The first-order valence-corrected chi connectivity index (χ1v) is 6.78. The number of ketones is 1. The van der Waals surface area contributed by atoms with E-state index in [0.717, 1.165) is 5.56 Å². The Morgan fingerprint density at radius 2 is 2.05 bits per heavy atom. The van der Waals surface area contributed by atoms with Crippen LogP contribution < -0.4 is 4.74 Å². The zero-order valence-corrected chi connectivity index (χ0v) is 12.5. The van der Waals surface area contributed by atoms with Gasteiger partial charge in [-0.15, -0.1) is 0 Å². The molecule has 0 fully saturated rings. The molecule has 1 unspecified atom stereocenters. The largest absolute Gasteiger partial charge is 0.497 e. The number of halogens is 1. The molecule has 0 saturated heterocycles. The van der Waals surface area contributed by atoms with Gasteiger partial charge >= 0.3 is 0 Å². The molecule has 0 amide bonds. The first kappa shape index (κ1) is 15.1. The Hall–Kier alpha value is -2.31. The van der Waals surface area contributed by atoms with Gasteiger partial charge in [-0.2, -0.15) is 5.26 Å². The lowest BCUT2D eigenvalue weighted by atomic mass is 9.91. The Kier molecular flexibility index (Phi) is 4.62. The first-order chi connectivity index (χ1) is 10.0. The van der Waals surface area contributed by atoms with Gasteiger partial charge in [-0.25, -0.2) is 0 Å². The Morgan fingerprint density at radius 3 is 2.67 bits per heavy atom. The second kappa shape index (κ2) is 6.43. The predicted molar refractivity (Wildman–Crippen MR) is 81.9 cm³/mol. The van der Waals surface area contributed by atoms with E-state index in [1.165, 1.54) is 0 Å². The molecule has 2 aromatic rings. The van der Waals surface area contributed by atoms with Crippen molar-refractivity contribution in [3.05, 3.63) is 64.2 Å². The molecule has 3 nitrogen and oxygen atoms in total. The molecule has 0 spiro atoms. The van der Waals surface area contributed by atoms with E-state index in [1.807, 2.05) is 6.92 Å². The standard InChI is InChI=1S/C17H14ClNO2/c1-11-6-13(8-14(18)7-11)17(20)16(10-19)12-4-3-5-15(9-12)21-2/h3-9,16H,1-2H3. The van der Waals surface area contributed by atoms with E-state index in [2.05, 4.69) is 6.07 Å². The first-order valence-electron chi connectivity index (χ1n) is 6.40. The third-order valence-electron chi connectivity index (χ3n) is 3.15. The van der Waals surface area contributed by atoms with Crippen molar-refractivity contribution in [2.45, 2.75) is 12.8 Å². The Labute approximate surface area is 128 Å². The van der Waals surface area contributed by atoms with Crippen molar-refractivity contribution < 1.29 is 9.53 Å². The Morgan fingerprint density at radius 1 is 1.29 bits per heavy atom. The van der Waals surface area contributed by atoms with Crippen LogP contribution in [0.15, 0.2) is 42.5 Å². The summed E-state index contributed by atoms with van der Waals surface area (Å²) in [5.41, 5.74) is 1.93. The molecule has 0 N–H and O–H groups in total. The van der Waals surface area contributed by atoms with Crippen LogP contribution in [0.2, 0.25) is 5.02 Å². The Bertz CT molecular complexity index is 699. The summed E-state index contributed by atoms with van der Waals surface area (Å²) in [5, 5.41) is 9.86. The summed E-state index contributed by atoms with van der Waals surface area (Å²) >= 11 is 5.98. The maximum atomic E-state index is 12.6. The number of methoxy groups -OCH3 is 1. The van der Waals surface area contributed by atoms with Crippen LogP contribution >= 0.6 is 11.6 Å². The van der Waals surface area contributed by atoms with Gasteiger partial charge in [0.05, 0.1) is 13.2 Å². The molecule has 0 radical (unpaired) electrons. The molecule has 1 atom stereocenters. The van der Waals surface area contributed by atoms with Crippen LogP contribution in [0, 0.1) is 18.3 Å². The SMILES string of the molecule is COc1cccc(C(C#N)C(=O)c2cc(C)cc(Cl)c2)c1. The third kappa shape index (κ3) is 3.42. The average Bonchev–Trinajstić information content (AvgIpc) is 2.47. The summed E-state index contributed by atoms with van der Waals surface area (Å²) < 4.78 is 5.13. The lowest BCUT2D eigenvalue weighted by Gasteiger charge is -2.11. The molecule has 0 aromatic heterocycles. The van der Waals surface area contributed by atoms with Gasteiger partial charge in [0, 0.05) is 10.6 Å². The van der Waals surface area contributed by atoms with Crippen molar-refractivity contribution >= 4 is 17.4 Å². The number of aryl methyl sites for hydroxylation is 1. The molecule has 21 heavy (non-hydrogen) atoms. The molecule has 0 aliphatic rings. The van der Waals surface area contributed by atoms with Crippen molar-refractivity contribution in [3.63, 3.8) is 0 Å². The molecule has 0 saturated carbocycles. The number of nitriles is 1. The minimum absolute atomic E-state index is 0.267. The number of rotatable bonds is 4. The van der Waals surface area contributed by atoms with Gasteiger partial charge < -0.3 is 4.74 Å². The number of ether oxygens (including phenoxy) is 1. The van der Waals surface area contributed by atoms with Crippen LogP contribution in [-0.2, 0) is 0 Å². The van der Waals surface area contributed by atoms with Crippen molar-refractivity contribution in [2.24, 2.45) is 0 Å². The van der Waals surface area contributed by atoms with Crippen LogP contribution in [0.1, 0.15) is 27.4 Å². The lowest BCUT2D eigenvalue weighted by Crippen LogP contribution is -2.11. The second-order valence-corrected chi connectivity index (χ2v) is 5.16. The number of carbonyl (C=O) groups excluding carboxylic acids is 1. The van der Waals surface area contributed by atoms with E-state index in [4.69, 9.17) is 16.3 Å². The van der Waals surface area contributed by atoms with Crippen molar-refractivity contribution in [2.75, 3.05) is 7.11 Å². The highest BCUT2D eigenvalue weighted by Gasteiger charge is 2.22. The molecule has 0 aliphatic carbocycles. The van der Waals surface area contributed by atoms with Crippen molar-refractivity contribution in [1.82, 2.24) is 0 Å². The van der Waals surface area contributed by atoms with Crippen molar-refractivity contribution in [1.29, 1.82) is 5.26 Å². The van der Waals surface area contributed by atoms with Crippen molar-refractivity contribution in [3.8, 4) is 11.8 Å². The molecule has 2 aromatic carbocycles. The molecule has 2 rings (SSSR count). The minimum atomic E-state index is -0.877. The van der Waals surface area contributed by atoms with Gasteiger partial charge in [0.25, 0.3) is 0 Å². The normalized spacial score (nSPS) is 11.5. The van der Waals surface area contributed by atoms with Gasteiger partial charge in [0.15, 0.2) is 5.78 Å². The highest BCUT2D eigenvalue weighted by Crippen LogP contribution is 2.25. The fourth-order valence-electron chi connectivity index (χ4n) is 2.15. The summed E-state index contributed by atoms with van der Waals surface area (Å²) in [6.07, 6.45) is 0. The highest BCUT2D eigenvalue weighted by molar-refractivity contribution is 6.31. The maximum absolute atomic E-state index is 12.6. The monoisotopic (exact) mass is 299 g/mol. The highest BCUT2D eigenvalue weighted by atomic mass is 35.5. The lowest BCUT2D eigenvalue weighted by molar-refractivity contribution is 0.0978. The quantitative estimate of drug-likeness (QED) is 0.797. The zero-order chi connectivity index (χ0) is 15.4. The van der Waals surface area contributed by atoms with Gasteiger partial charge in [0.1, 0.15) is 11.7 Å². The average molecular weight is 300 g/mol. The van der Waals surface area contributed by atoms with E-state index in [0.29, 0.717) is 21.9 Å². The van der Waals surface area contributed by atoms with Gasteiger partial charge in [-0.05, 0) is 48.4 Å². The molecule has 106 valence electrons. The smallest absolute Gasteiger partial charge is 0.184 e. The topological polar surface area (TPSA) is 50.1 Å². The summed E-state index contributed by atoms with van der Waals surface area (Å²) in [6.45, 7) is 1.86. The van der Waals surface area contributed by atoms with E-state index < -0.39 is 5.92 Å². The number of carbonyl (C=O) groups is 1. The van der Waals surface area contributed by atoms with Crippen LogP contribution in [0.5, 0.6) is 5.75 Å². The summed E-state index contributed by atoms with van der Waals surface area (Å²) in [5.74, 6) is -0.530. The molecular weight excluding hydrogens is 286 g/mol. The van der Waals surface area contributed by atoms with Crippen LogP contribution in [0.3, 0.4) is 0 Å². The van der Waals surface area contributed by atoms with E-state index in [-0.39, 0.29) is 5.78 Å². The number of benzene rings is 2. The maximum Gasteiger partial charge on any atom is 0.184 e. The molecular formula is C17H14ClNO2. The van der Waals surface area contributed by atoms with Crippen LogP contribution in [0.25, 0.3) is 0 Å². The van der Waals surface area contributed by atoms with Gasteiger partial charge in [-0.3, -0.25) is 4.79 Å². The number of Topliss-reactive ketones (excluding diaryl/α,β-unsaturated/α-hetero) is 1. The molecule has 0 bridgehead atoms. The Balaban J connectivity index is 2.41. The zero-order valence-electron chi connectivity index (χ0n) is 11.8. The summed E-state index contributed by atoms with van der Waals surface area (Å²) in [4.78, 5) is 12.6. The van der Waals surface area contributed by atoms with E-state index >= 15 is 0 Å². The summed E-state index contributed by atoms with van der Waals surface area (Å²) in [7, 11) is 1.54. The van der Waals surface area contributed by atoms with Gasteiger partial charge in [0.2, 0.25) is 0 Å². The second-order valence-electron chi connectivity index (χ2n) is 4.72. The van der Waals surface area contributed by atoms with E-state index in [9.17, 15) is 10.1 Å². The van der Waals surface area contributed by atoms with Gasteiger partial charge in [-0.1, -0.05) is 23.7 Å². The fraction of sp³-hybridized carbons (Fsp3) is 0.176.